The van der Waals surface area contributed by atoms with Crippen molar-refractivity contribution in [3.05, 3.63) is 65.2 Å². The first-order valence-electron chi connectivity index (χ1n) is 6.25. The molecule has 5 heteroatoms. The molecule has 0 amide bonds. The number of hydrogen-bond donors (Lipinski definition) is 2. The predicted molar refractivity (Wildman–Crippen MR) is 79.8 cm³/mol. The summed E-state index contributed by atoms with van der Waals surface area (Å²) < 4.78 is 26.9. The van der Waals surface area contributed by atoms with E-state index in [1.807, 2.05) is 19.1 Å². The quantitative estimate of drug-likeness (QED) is 0.889. The molecule has 0 aliphatic heterocycles. The summed E-state index contributed by atoms with van der Waals surface area (Å²) >= 11 is 0. The van der Waals surface area contributed by atoms with Crippen LogP contribution in [0.4, 0.5) is 5.69 Å². The van der Waals surface area contributed by atoms with Gasteiger partial charge in [-0.15, -0.1) is 0 Å². The number of aryl methyl sites for hydroxylation is 1. The van der Waals surface area contributed by atoms with Crippen LogP contribution in [-0.2, 0) is 22.4 Å². The Balaban J connectivity index is 2.17. The SMILES string of the molecule is Cc1ccccc1NS(=O)(=O)Cc1cccc(CO)c1. The number of benzene rings is 2. The summed E-state index contributed by atoms with van der Waals surface area (Å²) in [6.45, 7) is 1.75. The lowest BCUT2D eigenvalue weighted by Gasteiger charge is -2.10. The molecule has 0 radical (unpaired) electrons. The third kappa shape index (κ3) is 3.82. The maximum atomic E-state index is 12.1. The van der Waals surface area contributed by atoms with Crippen molar-refractivity contribution >= 4 is 15.7 Å². The molecule has 4 nitrogen and oxygen atoms in total. The van der Waals surface area contributed by atoms with Crippen molar-refractivity contribution in [2.24, 2.45) is 0 Å². The monoisotopic (exact) mass is 291 g/mol. The lowest BCUT2D eigenvalue weighted by molar-refractivity contribution is 0.282. The van der Waals surface area contributed by atoms with Crippen molar-refractivity contribution in [2.45, 2.75) is 19.3 Å². The van der Waals surface area contributed by atoms with E-state index in [-0.39, 0.29) is 12.4 Å². The van der Waals surface area contributed by atoms with Crippen LogP contribution in [0, 0.1) is 6.92 Å². The van der Waals surface area contributed by atoms with E-state index in [2.05, 4.69) is 4.72 Å². The van der Waals surface area contributed by atoms with Crippen LogP contribution < -0.4 is 4.72 Å². The van der Waals surface area contributed by atoms with Gasteiger partial charge in [-0.2, -0.15) is 0 Å². The number of aliphatic hydroxyl groups excluding tert-OH is 1. The minimum Gasteiger partial charge on any atom is -0.392 e. The van der Waals surface area contributed by atoms with Crippen LogP contribution in [0.25, 0.3) is 0 Å². The van der Waals surface area contributed by atoms with Crippen LogP contribution >= 0.6 is 0 Å². The highest BCUT2D eigenvalue weighted by Crippen LogP contribution is 2.17. The van der Waals surface area contributed by atoms with Gasteiger partial charge in [-0.25, -0.2) is 8.42 Å². The smallest absolute Gasteiger partial charge is 0.236 e. The number of hydrogen-bond acceptors (Lipinski definition) is 3. The maximum Gasteiger partial charge on any atom is 0.236 e. The molecule has 0 spiro atoms. The number of sulfonamides is 1. The molecule has 2 aromatic carbocycles. The molecular formula is C15H17NO3S. The molecule has 0 aliphatic carbocycles. The van der Waals surface area contributed by atoms with Gasteiger partial charge in [0.15, 0.2) is 0 Å². The van der Waals surface area contributed by atoms with Crippen molar-refractivity contribution in [2.75, 3.05) is 4.72 Å². The van der Waals surface area contributed by atoms with Gasteiger partial charge < -0.3 is 5.11 Å². The van der Waals surface area contributed by atoms with E-state index >= 15 is 0 Å². The largest absolute Gasteiger partial charge is 0.392 e. The molecule has 0 aliphatic rings. The Morgan fingerprint density at radius 1 is 1.05 bits per heavy atom. The van der Waals surface area contributed by atoms with Gasteiger partial charge in [0.1, 0.15) is 0 Å². The average Bonchev–Trinajstić information content (AvgIpc) is 2.41. The van der Waals surface area contributed by atoms with Gasteiger partial charge in [-0.05, 0) is 29.7 Å². The first-order chi connectivity index (χ1) is 9.50. The Bertz CT molecular complexity index is 696. The van der Waals surface area contributed by atoms with Crippen LogP contribution in [0.15, 0.2) is 48.5 Å². The molecule has 0 aromatic heterocycles. The highest BCUT2D eigenvalue weighted by molar-refractivity contribution is 7.91. The van der Waals surface area contributed by atoms with E-state index in [9.17, 15) is 8.42 Å². The number of nitrogens with one attached hydrogen (secondary N) is 1. The van der Waals surface area contributed by atoms with Crippen molar-refractivity contribution in [3.8, 4) is 0 Å². The Hall–Kier alpha value is -1.85. The molecule has 2 rings (SSSR count). The molecule has 2 N–H and O–H groups in total. The third-order valence-corrected chi connectivity index (χ3v) is 4.19. The summed E-state index contributed by atoms with van der Waals surface area (Å²) in [6.07, 6.45) is 0. The standard InChI is InChI=1S/C15H17NO3S/c1-12-5-2-3-8-15(12)16-20(18,19)11-14-7-4-6-13(9-14)10-17/h2-9,16-17H,10-11H2,1H3. The number of anilines is 1. The van der Waals surface area contributed by atoms with Gasteiger partial charge in [0.25, 0.3) is 0 Å². The van der Waals surface area contributed by atoms with Crippen LogP contribution in [0.2, 0.25) is 0 Å². The molecule has 20 heavy (non-hydrogen) atoms. The Morgan fingerprint density at radius 3 is 2.45 bits per heavy atom. The van der Waals surface area contributed by atoms with E-state index in [0.717, 1.165) is 5.56 Å². The van der Waals surface area contributed by atoms with Crippen LogP contribution in [0.3, 0.4) is 0 Å². The number of rotatable bonds is 5. The second-order valence-corrected chi connectivity index (χ2v) is 6.38. The van der Waals surface area contributed by atoms with Crippen LogP contribution in [0.1, 0.15) is 16.7 Å². The molecule has 0 fully saturated rings. The van der Waals surface area contributed by atoms with E-state index in [1.165, 1.54) is 0 Å². The molecular weight excluding hydrogens is 274 g/mol. The lowest BCUT2D eigenvalue weighted by atomic mass is 10.1. The highest BCUT2D eigenvalue weighted by Gasteiger charge is 2.13. The summed E-state index contributed by atoms with van der Waals surface area (Å²) in [4.78, 5) is 0. The summed E-state index contributed by atoms with van der Waals surface area (Å²) in [5.41, 5.74) is 2.82. The molecule has 0 atom stereocenters. The van der Waals surface area contributed by atoms with Crippen molar-refractivity contribution < 1.29 is 13.5 Å². The van der Waals surface area contributed by atoms with E-state index in [1.54, 1.807) is 36.4 Å². The molecule has 0 bridgehead atoms. The fraction of sp³-hybridized carbons (Fsp3) is 0.200. The summed E-state index contributed by atoms with van der Waals surface area (Å²) in [6, 6.07) is 14.2. The minimum atomic E-state index is -3.47. The molecule has 106 valence electrons. The second-order valence-electron chi connectivity index (χ2n) is 4.65. The van der Waals surface area contributed by atoms with Gasteiger partial charge in [0, 0.05) is 0 Å². The summed E-state index contributed by atoms with van der Waals surface area (Å²) in [5.74, 6) is -0.116. The average molecular weight is 291 g/mol. The van der Waals surface area contributed by atoms with Gasteiger partial charge in [-0.3, -0.25) is 4.72 Å². The zero-order chi connectivity index (χ0) is 14.6. The van der Waals surface area contributed by atoms with Crippen LogP contribution in [-0.4, -0.2) is 13.5 Å². The normalized spacial score (nSPS) is 11.3. The van der Waals surface area contributed by atoms with Gasteiger partial charge >= 0.3 is 0 Å². The summed E-state index contributed by atoms with van der Waals surface area (Å²) in [5, 5.41) is 9.07. The number of para-hydroxylation sites is 1. The van der Waals surface area contributed by atoms with Crippen molar-refractivity contribution in [1.82, 2.24) is 0 Å². The predicted octanol–water partition coefficient (Wildman–Crippen LogP) is 2.43. The molecule has 0 unspecified atom stereocenters. The van der Waals surface area contributed by atoms with E-state index in [0.29, 0.717) is 16.8 Å². The van der Waals surface area contributed by atoms with E-state index < -0.39 is 10.0 Å². The first-order valence-corrected chi connectivity index (χ1v) is 7.90. The van der Waals surface area contributed by atoms with Crippen LogP contribution in [0.5, 0.6) is 0 Å². The van der Waals surface area contributed by atoms with Gasteiger partial charge in [0.05, 0.1) is 18.0 Å². The van der Waals surface area contributed by atoms with Gasteiger partial charge in [0.2, 0.25) is 10.0 Å². The molecule has 2 aromatic rings. The highest BCUT2D eigenvalue weighted by atomic mass is 32.2. The third-order valence-electron chi connectivity index (χ3n) is 2.94. The Kier molecular flexibility index (Phi) is 4.42. The Morgan fingerprint density at radius 2 is 1.75 bits per heavy atom. The lowest BCUT2D eigenvalue weighted by Crippen LogP contribution is -2.15. The van der Waals surface area contributed by atoms with Crippen molar-refractivity contribution in [1.29, 1.82) is 0 Å². The number of aliphatic hydroxyl groups is 1. The van der Waals surface area contributed by atoms with E-state index in [4.69, 9.17) is 5.11 Å². The first kappa shape index (κ1) is 14.6. The molecule has 0 heterocycles. The molecule has 0 saturated heterocycles. The Labute approximate surface area is 119 Å². The fourth-order valence-electron chi connectivity index (χ4n) is 1.93. The zero-order valence-corrected chi connectivity index (χ0v) is 12.0. The minimum absolute atomic E-state index is 0.0981. The fourth-order valence-corrected chi connectivity index (χ4v) is 3.18. The second kappa shape index (κ2) is 6.07. The summed E-state index contributed by atoms with van der Waals surface area (Å²) in [7, 11) is -3.47. The zero-order valence-electron chi connectivity index (χ0n) is 11.2. The molecule has 0 saturated carbocycles. The topological polar surface area (TPSA) is 66.4 Å². The van der Waals surface area contributed by atoms with Crippen molar-refractivity contribution in [3.63, 3.8) is 0 Å². The maximum absolute atomic E-state index is 12.1. The van der Waals surface area contributed by atoms with Gasteiger partial charge in [-0.1, -0.05) is 42.5 Å².